The fourth-order valence-corrected chi connectivity index (χ4v) is 14.0. The molecule has 0 radical (unpaired) electrons. The van der Waals surface area contributed by atoms with E-state index in [2.05, 4.69) is 162 Å². The van der Waals surface area contributed by atoms with Crippen LogP contribution in [0.5, 0.6) is 11.5 Å². The molecule has 5 aliphatic heterocycles. The predicted octanol–water partition coefficient (Wildman–Crippen LogP) is 11.6. The average molecular weight is 856 g/mol. The summed E-state index contributed by atoms with van der Waals surface area (Å²) in [5, 5.41) is 13.4. The number of aromatic carboxylic acids is 1. The molecule has 2 unspecified atom stereocenters. The zero-order valence-corrected chi connectivity index (χ0v) is 42.6. The number of hydrogen-bond donors (Lipinski definition) is 1. The Bertz CT molecular complexity index is 2790. The summed E-state index contributed by atoms with van der Waals surface area (Å²) in [7, 11) is 0. The van der Waals surface area contributed by atoms with Crippen LogP contribution in [-0.4, -0.2) is 39.7 Å². The van der Waals surface area contributed by atoms with Crippen molar-refractivity contribution >= 4 is 29.3 Å². The molecule has 0 aromatic heterocycles. The maximum Gasteiger partial charge on any atom is 0.336 e. The third-order valence-electron chi connectivity index (χ3n) is 20.3. The summed E-state index contributed by atoms with van der Waals surface area (Å²) in [6, 6.07) is 5.42. The van der Waals surface area contributed by atoms with E-state index in [0.717, 1.165) is 50.1 Å². The van der Waals surface area contributed by atoms with Gasteiger partial charge in [-0.25, -0.2) is 9.37 Å². The van der Waals surface area contributed by atoms with Crippen LogP contribution in [0.3, 0.4) is 0 Å². The molecule has 1 N–H and O–H groups in total. The molecule has 0 fully saturated rings. The van der Waals surface area contributed by atoms with Crippen molar-refractivity contribution in [1.82, 2.24) is 4.58 Å². The first-order valence-corrected chi connectivity index (χ1v) is 23.3. The SMILES string of the molecule is CC1=C(C)C(C)(C)[N+]2=c3c1c(C)c1c(c3C(C)(C)C(C)(C)C2(C)C)Oc2c(c(C)c3c4c2C(C)(C)C(C)(C)C(C)(C)N4C(C)(C)C(C)C3C)C=1c1cc(COC=O)ccc1C(=O)O. The van der Waals surface area contributed by atoms with Crippen LogP contribution in [0.1, 0.15) is 205 Å². The predicted molar refractivity (Wildman–Crippen MR) is 257 cm³/mol. The number of carbonyl (C=O) groups excluding carboxylic acids is 1. The highest BCUT2D eigenvalue weighted by atomic mass is 16.5. The van der Waals surface area contributed by atoms with Gasteiger partial charge in [0.2, 0.25) is 5.36 Å². The second-order valence-electron chi connectivity index (χ2n) is 24.3. The molecule has 0 saturated carbocycles. The molecule has 0 spiro atoms. The quantitative estimate of drug-likeness (QED) is 0.159. The van der Waals surface area contributed by atoms with Crippen molar-refractivity contribution in [2.75, 3.05) is 4.90 Å². The van der Waals surface area contributed by atoms with Crippen molar-refractivity contribution in [3.05, 3.63) is 90.0 Å². The number of hydrogen-bond acceptors (Lipinski definition) is 5. The molecule has 338 valence electrons. The van der Waals surface area contributed by atoms with Crippen molar-refractivity contribution in [2.24, 2.45) is 16.7 Å². The number of rotatable bonds is 5. The number of carboxylic acids is 1. The number of carboxylic acid groups (broad SMARTS) is 1. The summed E-state index contributed by atoms with van der Waals surface area (Å²) >= 11 is 0. The first-order chi connectivity index (χ1) is 28.7. The lowest BCUT2D eigenvalue weighted by Gasteiger charge is -2.69. The monoisotopic (exact) mass is 856 g/mol. The Morgan fingerprint density at radius 1 is 0.810 bits per heavy atom. The fraction of sp³-hybridized carbons (Fsp3) is 0.589. The van der Waals surface area contributed by atoms with Crippen LogP contribution in [0.4, 0.5) is 5.69 Å². The first-order valence-electron chi connectivity index (χ1n) is 23.3. The van der Waals surface area contributed by atoms with Crippen molar-refractivity contribution in [2.45, 2.75) is 198 Å². The van der Waals surface area contributed by atoms with E-state index in [-0.39, 0.29) is 51.1 Å². The maximum atomic E-state index is 13.7. The third kappa shape index (κ3) is 5.01. The van der Waals surface area contributed by atoms with E-state index < -0.39 is 16.8 Å². The van der Waals surface area contributed by atoms with E-state index in [0.29, 0.717) is 18.0 Å². The molecule has 3 aromatic rings. The topological polar surface area (TPSA) is 79.1 Å². The number of nitrogens with zero attached hydrogens (tertiary/aromatic N) is 2. The molecule has 0 bridgehead atoms. The van der Waals surface area contributed by atoms with Gasteiger partial charge >= 0.3 is 5.97 Å². The molecule has 0 amide bonds. The van der Waals surface area contributed by atoms with Gasteiger partial charge in [-0.1, -0.05) is 75.3 Å². The van der Waals surface area contributed by atoms with Gasteiger partial charge in [0.05, 0.1) is 16.7 Å². The summed E-state index contributed by atoms with van der Waals surface area (Å²) in [6.07, 6.45) is 0. The van der Waals surface area contributed by atoms with E-state index >= 15 is 0 Å². The minimum absolute atomic E-state index is 0.0268. The van der Waals surface area contributed by atoms with Crippen LogP contribution in [0, 0.1) is 30.6 Å². The molecule has 0 saturated heterocycles. The first kappa shape index (κ1) is 45.2. The smallest absolute Gasteiger partial charge is 0.336 e. The number of anilines is 1. The Hall–Kier alpha value is -4.39. The van der Waals surface area contributed by atoms with Gasteiger partial charge < -0.3 is 19.5 Å². The second-order valence-corrected chi connectivity index (χ2v) is 24.3. The van der Waals surface area contributed by atoms with Gasteiger partial charge in [0.15, 0.2) is 11.1 Å². The molecule has 7 heteroatoms. The molecule has 5 heterocycles. The molecule has 63 heavy (non-hydrogen) atoms. The van der Waals surface area contributed by atoms with E-state index in [1.807, 2.05) is 6.07 Å². The molecule has 3 aromatic carbocycles. The highest BCUT2D eigenvalue weighted by Gasteiger charge is 2.67. The van der Waals surface area contributed by atoms with Crippen LogP contribution in [0.2, 0.25) is 0 Å². The molecule has 8 rings (SSSR count). The Balaban J connectivity index is 1.76. The van der Waals surface area contributed by atoms with Crippen LogP contribution in [0.25, 0.3) is 11.1 Å². The number of ether oxygens (including phenoxy) is 2. The number of carbonyl (C=O) groups is 2. The second kappa shape index (κ2) is 12.9. The normalized spacial score (nSPS) is 25.3. The molecular weight excluding hydrogens is 781 g/mol. The Morgan fingerprint density at radius 3 is 1.97 bits per heavy atom. The molecule has 2 atom stereocenters. The van der Waals surface area contributed by atoms with Gasteiger partial charge in [-0.05, 0) is 118 Å². The zero-order valence-electron chi connectivity index (χ0n) is 42.6. The van der Waals surface area contributed by atoms with Crippen molar-refractivity contribution in [1.29, 1.82) is 0 Å². The van der Waals surface area contributed by atoms with Gasteiger partial charge in [-0.15, -0.1) is 0 Å². The van der Waals surface area contributed by atoms with Crippen LogP contribution >= 0.6 is 0 Å². The van der Waals surface area contributed by atoms with Gasteiger partial charge in [0, 0.05) is 88.2 Å². The molecule has 7 nitrogen and oxygen atoms in total. The van der Waals surface area contributed by atoms with E-state index in [1.54, 1.807) is 12.1 Å². The number of allylic oxidation sites excluding steroid dienone is 1. The summed E-state index contributed by atoms with van der Waals surface area (Å²) in [4.78, 5) is 28.1. The van der Waals surface area contributed by atoms with Gasteiger partial charge in [-0.3, -0.25) is 4.79 Å². The highest BCUT2D eigenvalue weighted by molar-refractivity contribution is 6.01. The Morgan fingerprint density at radius 2 is 1.40 bits per heavy atom. The average Bonchev–Trinajstić information content (AvgIpc) is 3.15. The van der Waals surface area contributed by atoms with Gasteiger partial charge in [-0.2, -0.15) is 0 Å². The molecule has 5 aliphatic rings. The van der Waals surface area contributed by atoms with Crippen LogP contribution in [0.15, 0.2) is 23.8 Å². The fourth-order valence-electron chi connectivity index (χ4n) is 14.0. The lowest BCUT2D eigenvalue weighted by molar-refractivity contribution is -0.129. The minimum atomic E-state index is -1.01. The van der Waals surface area contributed by atoms with Crippen LogP contribution < -0.4 is 24.8 Å². The van der Waals surface area contributed by atoms with Gasteiger partial charge in [0.25, 0.3) is 6.47 Å². The van der Waals surface area contributed by atoms with E-state index in [1.165, 1.54) is 38.9 Å². The lowest BCUT2D eigenvalue weighted by atomic mass is 9.49. The molecule has 0 aliphatic carbocycles. The van der Waals surface area contributed by atoms with Crippen molar-refractivity contribution in [3.63, 3.8) is 0 Å². The standard InChI is InChI=1S/C56H74N2O5/c1-28-32(5)51(11,12)57-44-37(28)30(3)39-41(36-25-34(26-62-27-59)23-24-35(36)48(60)61)40-31(4)38-29(2)33(6)52(13,14)58-45(38)43(50(9,10)54(17,18)56(58,21)22)47(40)63-46(39)42(44)49(7,8)53(15,16)55(57,19)20/h23-25,27-28,32H,26H2,1-22H3/p+1. The number of benzene rings is 3. The van der Waals surface area contributed by atoms with Crippen molar-refractivity contribution < 1.29 is 24.2 Å². The third-order valence-corrected chi connectivity index (χ3v) is 20.3. The van der Waals surface area contributed by atoms with E-state index in [4.69, 9.17) is 9.47 Å². The van der Waals surface area contributed by atoms with E-state index in [9.17, 15) is 14.7 Å². The number of fused-ring (bicyclic) bond motifs is 4. The summed E-state index contributed by atoms with van der Waals surface area (Å²) < 4.78 is 16.1. The maximum absolute atomic E-state index is 13.7. The highest BCUT2D eigenvalue weighted by Crippen LogP contribution is 2.69. The zero-order chi connectivity index (χ0) is 47.2. The lowest BCUT2D eigenvalue weighted by Crippen LogP contribution is -2.73. The summed E-state index contributed by atoms with van der Waals surface area (Å²) in [5.74, 6) is 1.12. The molecular formula is C56H75N2O5+. The Labute approximate surface area is 377 Å². The Kier molecular flexibility index (Phi) is 9.26. The summed E-state index contributed by atoms with van der Waals surface area (Å²) in [5.41, 5.74) is 11.8. The largest absolute Gasteiger partial charge is 0.478 e. The van der Waals surface area contributed by atoms with Crippen molar-refractivity contribution in [3.8, 4) is 11.5 Å². The van der Waals surface area contributed by atoms with Crippen LogP contribution in [-0.2, 0) is 27.0 Å². The van der Waals surface area contributed by atoms with Gasteiger partial charge in [0.1, 0.15) is 18.1 Å². The minimum Gasteiger partial charge on any atom is -0.478 e. The summed E-state index contributed by atoms with van der Waals surface area (Å²) in [6.45, 7) is 52.9.